The molecule has 0 radical (unpaired) electrons. The number of hydrazine groups is 1. The van der Waals surface area contributed by atoms with E-state index in [1.807, 2.05) is 31.2 Å². The molecule has 2 aromatic carbocycles. The van der Waals surface area contributed by atoms with Crippen molar-refractivity contribution < 1.29 is 14.0 Å². The van der Waals surface area contributed by atoms with Crippen LogP contribution in [-0.2, 0) is 4.79 Å². The number of carbonyl (C=O) groups excluding carboxylic acids is 2. The van der Waals surface area contributed by atoms with E-state index < -0.39 is 11.7 Å². The van der Waals surface area contributed by atoms with E-state index in [-0.39, 0.29) is 17.9 Å². The van der Waals surface area contributed by atoms with Gasteiger partial charge in [-0.1, -0.05) is 30.3 Å². The van der Waals surface area contributed by atoms with Crippen molar-refractivity contribution in [2.24, 2.45) is 0 Å². The molecule has 7 heteroatoms. The zero-order valence-electron chi connectivity index (χ0n) is 17.7. The molecular formula is C24H27FN4O2. The van der Waals surface area contributed by atoms with E-state index in [0.717, 1.165) is 35.7 Å². The van der Waals surface area contributed by atoms with Gasteiger partial charge in [-0.15, -0.1) is 0 Å². The van der Waals surface area contributed by atoms with Gasteiger partial charge in [0.2, 0.25) is 0 Å². The highest BCUT2D eigenvalue weighted by molar-refractivity contribution is 6.45. The number of benzene rings is 2. The van der Waals surface area contributed by atoms with Gasteiger partial charge >= 0.3 is 0 Å². The summed E-state index contributed by atoms with van der Waals surface area (Å²) in [6, 6.07) is 14.4. The van der Waals surface area contributed by atoms with Gasteiger partial charge in [0.25, 0.3) is 11.7 Å². The highest BCUT2D eigenvalue weighted by Gasteiger charge is 2.27. The molecule has 1 amide bonds. The number of ketones is 1. The highest BCUT2D eigenvalue weighted by Crippen LogP contribution is 2.25. The number of Topliss-reactive ketones (excluding diaryl/α,β-unsaturated/α-hetero) is 1. The first-order valence-corrected chi connectivity index (χ1v) is 10.6. The minimum Gasteiger partial charge on any atom is -0.358 e. The number of halogens is 1. The van der Waals surface area contributed by atoms with Crippen molar-refractivity contribution in [3.63, 3.8) is 0 Å². The number of aryl methyl sites for hydroxylation is 1. The lowest BCUT2D eigenvalue weighted by Crippen LogP contribution is -2.35. The summed E-state index contributed by atoms with van der Waals surface area (Å²) in [7, 11) is 1.67. The number of likely N-dealkylation sites (N-methyl/N-ethyl adjacent to an activating group) is 1. The van der Waals surface area contributed by atoms with Crippen LogP contribution in [0.5, 0.6) is 0 Å². The third kappa shape index (κ3) is 4.52. The average Bonchev–Trinajstić information content (AvgIpc) is 3.36. The lowest BCUT2D eigenvalue weighted by molar-refractivity contribution is -0.125. The monoisotopic (exact) mass is 422 g/mol. The third-order valence-electron chi connectivity index (χ3n) is 5.96. The van der Waals surface area contributed by atoms with Gasteiger partial charge in [-0.3, -0.25) is 20.4 Å². The fraction of sp³-hybridized carbons (Fsp3) is 0.333. The van der Waals surface area contributed by atoms with E-state index in [1.54, 1.807) is 19.2 Å². The molecule has 0 aliphatic carbocycles. The summed E-state index contributed by atoms with van der Waals surface area (Å²) >= 11 is 0. The summed E-state index contributed by atoms with van der Waals surface area (Å²) in [4.78, 5) is 30.3. The molecule has 2 atom stereocenters. The second kappa shape index (κ2) is 8.99. The maximum atomic E-state index is 13.1. The summed E-state index contributed by atoms with van der Waals surface area (Å²) < 4.78 is 13.1. The largest absolute Gasteiger partial charge is 0.358 e. The van der Waals surface area contributed by atoms with Gasteiger partial charge in [-0.05, 0) is 49.9 Å². The molecule has 1 aromatic heterocycles. The zero-order valence-corrected chi connectivity index (χ0v) is 17.7. The van der Waals surface area contributed by atoms with Crippen LogP contribution in [0.4, 0.5) is 4.39 Å². The fourth-order valence-electron chi connectivity index (χ4n) is 4.25. The van der Waals surface area contributed by atoms with E-state index in [0.29, 0.717) is 17.8 Å². The standard InChI is InChI=1S/C24H27FN4O2/c1-15-22(19-7-3-4-8-20(19)26-15)23(30)24(31)29(2)13-5-6-18-14-21(28-27-18)16-9-11-17(25)12-10-16/h3-4,7-12,18,21,26-28H,5-6,13-14H2,1-2H3. The molecule has 0 spiro atoms. The normalized spacial score (nSPS) is 18.4. The first kappa shape index (κ1) is 21.2. The van der Waals surface area contributed by atoms with Crippen molar-refractivity contribution in [3.8, 4) is 0 Å². The smallest absolute Gasteiger partial charge is 0.294 e. The van der Waals surface area contributed by atoms with Crippen LogP contribution in [0.25, 0.3) is 10.9 Å². The Bertz CT molecular complexity index is 1090. The Hall–Kier alpha value is -3.03. The predicted octanol–water partition coefficient (Wildman–Crippen LogP) is 3.64. The van der Waals surface area contributed by atoms with Crippen LogP contribution < -0.4 is 10.9 Å². The number of para-hydroxylation sites is 1. The molecule has 6 nitrogen and oxygen atoms in total. The number of aromatic nitrogens is 1. The third-order valence-corrected chi connectivity index (χ3v) is 5.96. The van der Waals surface area contributed by atoms with Crippen molar-refractivity contribution in [2.45, 2.75) is 38.3 Å². The van der Waals surface area contributed by atoms with Crippen LogP contribution in [0.2, 0.25) is 0 Å². The first-order valence-electron chi connectivity index (χ1n) is 10.6. The van der Waals surface area contributed by atoms with Crippen molar-refractivity contribution in [1.29, 1.82) is 0 Å². The average molecular weight is 423 g/mol. The number of nitrogens with one attached hydrogen (secondary N) is 3. The molecule has 1 aliphatic heterocycles. The van der Waals surface area contributed by atoms with Gasteiger partial charge in [0.1, 0.15) is 5.82 Å². The molecule has 2 unspecified atom stereocenters. The molecule has 162 valence electrons. The SMILES string of the molecule is Cc1[nH]c2ccccc2c1C(=O)C(=O)N(C)CCCC1CC(c2ccc(F)cc2)NN1. The van der Waals surface area contributed by atoms with Gasteiger partial charge in [0.15, 0.2) is 0 Å². The van der Waals surface area contributed by atoms with Gasteiger partial charge < -0.3 is 9.88 Å². The van der Waals surface area contributed by atoms with Crippen LogP contribution in [0.15, 0.2) is 48.5 Å². The maximum absolute atomic E-state index is 13.1. The Kier molecular flexibility index (Phi) is 6.15. The number of fused-ring (bicyclic) bond motifs is 1. The van der Waals surface area contributed by atoms with Crippen LogP contribution in [0.1, 0.15) is 46.9 Å². The van der Waals surface area contributed by atoms with Gasteiger partial charge in [0, 0.05) is 42.3 Å². The summed E-state index contributed by atoms with van der Waals surface area (Å²) in [6.45, 7) is 2.32. The van der Waals surface area contributed by atoms with E-state index >= 15 is 0 Å². The minimum atomic E-state index is -0.491. The van der Waals surface area contributed by atoms with Crippen molar-refractivity contribution in [3.05, 3.63) is 71.2 Å². The predicted molar refractivity (Wildman–Crippen MR) is 118 cm³/mol. The molecule has 1 fully saturated rings. The molecule has 1 aliphatic rings. The topological polar surface area (TPSA) is 77.2 Å². The zero-order chi connectivity index (χ0) is 22.0. The number of amides is 1. The molecule has 1 saturated heterocycles. The van der Waals surface area contributed by atoms with Crippen molar-refractivity contribution >= 4 is 22.6 Å². The quantitative estimate of drug-likeness (QED) is 0.401. The summed E-state index contributed by atoms with van der Waals surface area (Å²) in [6.07, 6.45) is 2.53. The molecular weight excluding hydrogens is 395 g/mol. The summed E-state index contributed by atoms with van der Waals surface area (Å²) in [5, 5.41) is 0.778. The van der Waals surface area contributed by atoms with Crippen LogP contribution in [0, 0.1) is 12.7 Å². The van der Waals surface area contributed by atoms with Gasteiger partial charge in [-0.2, -0.15) is 0 Å². The van der Waals surface area contributed by atoms with Gasteiger partial charge in [-0.25, -0.2) is 4.39 Å². The molecule has 2 heterocycles. The fourth-order valence-corrected chi connectivity index (χ4v) is 4.25. The number of aromatic amines is 1. The first-order chi connectivity index (χ1) is 14.9. The second-order valence-electron chi connectivity index (χ2n) is 8.19. The molecule has 0 bridgehead atoms. The second-order valence-corrected chi connectivity index (χ2v) is 8.19. The minimum absolute atomic E-state index is 0.136. The molecule has 3 N–H and O–H groups in total. The van der Waals surface area contributed by atoms with Gasteiger partial charge in [0.05, 0.1) is 5.56 Å². The number of carbonyl (C=O) groups is 2. The van der Waals surface area contributed by atoms with Crippen LogP contribution in [-0.4, -0.2) is 41.2 Å². The highest BCUT2D eigenvalue weighted by atomic mass is 19.1. The molecule has 4 rings (SSSR count). The Morgan fingerprint density at radius 2 is 1.84 bits per heavy atom. The Morgan fingerprint density at radius 1 is 1.10 bits per heavy atom. The molecule has 31 heavy (non-hydrogen) atoms. The van der Waals surface area contributed by atoms with Crippen LogP contribution >= 0.6 is 0 Å². The number of H-pyrrole nitrogens is 1. The summed E-state index contributed by atoms with van der Waals surface area (Å²) in [5.74, 6) is -1.21. The Labute approximate surface area is 180 Å². The lowest BCUT2D eigenvalue weighted by Gasteiger charge is -2.17. The van der Waals surface area contributed by atoms with Crippen molar-refractivity contribution in [1.82, 2.24) is 20.7 Å². The Balaban J connectivity index is 1.29. The van der Waals surface area contributed by atoms with E-state index in [9.17, 15) is 14.0 Å². The lowest BCUT2D eigenvalue weighted by atomic mass is 9.99. The van der Waals surface area contributed by atoms with E-state index in [4.69, 9.17) is 0 Å². The Morgan fingerprint density at radius 3 is 2.61 bits per heavy atom. The number of hydrogen-bond acceptors (Lipinski definition) is 4. The number of nitrogens with zero attached hydrogens (tertiary/aromatic N) is 1. The molecule has 0 saturated carbocycles. The molecule has 3 aromatic rings. The number of rotatable bonds is 7. The van der Waals surface area contributed by atoms with E-state index in [2.05, 4.69) is 15.8 Å². The summed E-state index contributed by atoms with van der Waals surface area (Å²) in [5.41, 5.74) is 9.59. The number of hydrogen-bond donors (Lipinski definition) is 3. The van der Waals surface area contributed by atoms with Crippen molar-refractivity contribution in [2.75, 3.05) is 13.6 Å². The maximum Gasteiger partial charge on any atom is 0.294 e. The van der Waals surface area contributed by atoms with Crippen LogP contribution in [0.3, 0.4) is 0 Å². The van der Waals surface area contributed by atoms with E-state index in [1.165, 1.54) is 17.0 Å².